The maximum Gasteiger partial charge on any atom is 0.243 e. The lowest BCUT2D eigenvalue weighted by atomic mass is 9.89. The molecule has 2 aliphatic heterocycles. The largest absolute Gasteiger partial charge is 0.342 e. The van der Waals surface area contributed by atoms with Crippen LogP contribution in [0, 0.1) is 18.8 Å². The average Bonchev–Trinajstić information content (AvgIpc) is 2.84. The molecule has 2 aromatic rings. The summed E-state index contributed by atoms with van der Waals surface area (Å²) >= 11 is 5.88. The molecule has 178 valence electrons. The van der Waals surface area contributed by atoms with E-state index in [2.05, 4.69) is 31.2 Å². The number of hydrogen-bond donors (Lipinski definition) is 0. The van der Waals surface area contributed by atoms with Crippen molar-refractivity contribution in [3.8, 4) is 0 Å². The van der Waals surface area contributed by atoms with Crippen LogP contribution in [0.3, 0.4) is 0 Å². The number of nitrogens with zero attached hydrogens (tertiary/aromatic N) is 2. The summed E-state index contributed by atoms with van der Waals surface area (Å²) in [6.45, 7) is 4.52. The van der Waals surface area contributed by atoms with E-state index in [1.54, 1.807) is 12.1 Å². The van der Waals surface area contributed by atoms with Gasteiger partial charge in [0.05, 0.1) is 4.90 Å². The van der Waals surface area contributed by atoms with Crippen LogP contribution < -0.4 is 0 Å². The molecule has 5 nitrogen and oxygen atoms in total. The highest BCUT2D eigenvalue weighted by atomic mass is 35.5. The van der Waals surface area contributed by atoms with Gasteiger partial charge in [0.1, 0.15) is 0 Å². The van der Waals surface area contributed by atoms with E-state index < -0.39 is 10.0 Å². The molecule has 33 heavy (non-hydrogen) atoms. The van der Waals surface area contributed by atoms with Gasteiger partial charge in [-0.25, -0.2) is 8.42 Å². The number of amides is 1. The van der Waals surface area contributed by atoms with E-state index in [4.69, 9.17) is 11.6 Å². The first kappa shape index (κ1) is 24.2. The Kier molecular flexibility index (Phi) is 7.77. The van der Waals surface area contributed by atoms with Gasteiger partial charge in [-0.2, -0.15) is 4.31 Å². The average molecular weight is 489 g/mol. The Morgan fingerprint density at radius 2 is 1.52 bits per heavy atom. The summed E-state index contributed by atoms with van der Waals surface area (Å²) in [6.07, 6.45) is 5.55. The standard InChI is InChI=1S/C26H33ClN2O3S/c1-20-2-4-21(5-3-20)6-7-22-12-16-28(17-13-22)26(30)23-14-18-29(19-15-23)33(31,32)25-10-8-24(27)9-11-25/h2-5,8-11,22-23H,6-7,12-19H2,1H3. The number of benzene rings is 2. The lowest BCUT2D eigenvalue weighted by Gasteiger charge is -2.37. The first-order valence-electron chi connectivity index (χ1n) is 11.9. The van der Waals surface area contributed by atoms with Crippen LogP contribution in [0.25, 0.3) is 0 Å². The molecule has 0 atom stereocenters. The van der Waals surface area contributed by atoms with Crippen LogP contribution in [0.15, 0.2) is 53.4 Å². The third-order valence-corrected chi connectivity index (χ3v) is 9.31. The summed E-state index contributed by atoms with van der Waals surface area (Å²) in [7, 11) is -3.54. The van der Waals surface area contributed by atoms with Crippen molar-refractivity contribution < 1.29 is 13.2 Å². The molecule has 2 saturated heterocycles. The predicted octanol–water partition coefficient (Wildman–Crippen LogP) is 4.92. The third-order valence-electron chi connectivity index (χ3n) is 7.14. The summed E-state index contributed by atoms with van der Waals surface area (Å²) < 4.78 is 27.3. The van der Waals surface area contributed by atoms with Crippen LogP contribution in [-0.4, -0.2) is 49.7 Å². The minimum absolute atomic E-state index is 0.0780. The normalized spacial score (nSPS) is 19.0. The minimum Gasteiger partial charge on any atom is -0.342 e. The zero-order valence-electron chi connectivity index (χ0n) is 19.2. The van der Waals surface area contributed by atoms with Gasteiger partial charge in [0.25, 0.3) is 0 Å². The van der Waals surface area contributed by atoms with E-state index in [-0.39, 0.29) is 16.7 Å². The first-order chi connectivity index (χ1) is 15.8. The summed E-state index contributed by atoms with van der Waals surface area (Å²) in [5, 5.41) is 0.511. The quantitative estimate of drug-likeness (QED) is 0.579. The molecule has 0 spiro atoms. The molecule has 0 unspecified atom stereocenters. The van der Waals surface area contributed by atoms with Gasteiger partial charge in [-0.3, -0.25) is 4.79 Å². The van der Waals surface area contributed by atoms with Crippen molar-refractivity contribution in [1.29, 1.82) is 0 Å². The van der Waals surface area contributed by atoms with Crippen LogP contribution in [0.5, 0.6) is 0 Å². The Balaban J connectivity index is 1.23. The van der Waals surface area contributed by atoms with E-state index in [1.807, 2.05) is 4.90 Å². The van der Waals surface area contributed by atoms with Gasteiger partial charge >= 0.3 is 0 Å². The minimum atomic E-state index is -3.54. The van der Waals surface area contributed by atoms with Gasteiger partial charge < -0.3 is 4.90 Å². The molecule has 4 rings (SSSR count). The molecular formula is C26H33ClN2O3S. The Labute approximate surface area is 202 Å². The number of carbonyl (C=O) groups is 1. The second-order valence-electron chi connectivity index (χ2n) is 9.43. The van der Waals surface area contributed by atoms with Gasteiger partial charge in [-0.1, -0.05) is 41.4 Å². The second kappa shape index (κ2) is 10.6. The van der Waals surface area contributed by atoms with Gasteiger partial charge in [-0.15, -0.1) is 0 Å². The number of likely N-dealkylation sites (tertiary alicyclic amines) is 1. The number of sulfonamides is 1. The fourth-order valence-electron chi connectivity index (χ4n) is 4.92. The molecular weight excluding hydrogens is 456 g/mol. The van der Waals surface area contributed by atoms with Crippen molar-refractivity contribution in [3.05, 3.63) is 64.7 Å². The van der Waals surface area contributed by atoms with Crippen molar-refractivity contribution in [2.24, 2.45) is 11.8 Å². The molecule has 7 heteroatoms. The molecule has 0 radical (unpaired) electrons. The molecule has 0 bridgehead atoms. The molecule has 2 aromatic carbocycles. The number of piperidine rings is 2. The SMILES string of the molecule is Cc1ccc(CCC2CCN(C(=O)C3CCN(S(=O)(=O)c4ccc(Cl)cc4)CC3)CC2)cc1. The van der Waals surface area contributed by atoms with Crippen molar-refractivity contribution >= 4 is 27.5 Å². The molecule has 0 saturated carbocycles. The Morgan fingerprint density at radius 3 is 2.12 bits per heavy atom. The fourth-order valence-corrected chi connectivity index (χ4v) is 6.52. The Hall–Kier alpha value is -1.89. The highest BCUT2D eigenvalue weighted by molar-refractivity contribution is 7.89. The molecule has 0 aliphatic carbocycles. The van der Waals surface area contributed by atoms with Crippen LogP contribution in [0.4, 0.5) is 0 Å². The maximum atomic E-state index is 13.1. The fraction of sp³-hybridized carbons (Fsp3) is 0.500. The van der Waals surface area contributed by atoms with Gasteiger partial charge in [0.15, 0.2) is 0 Å². The van der Waals surface area contributed by atoms with E-state index >= 15 is 0 Å². The van der Waals surface area contributed by atoms with Gasteiger partial charge in [0, 0.05) is 37.1 Å². The smallest absolute Gasteiger partial charge is 0.243 e. The maximum absolute atomic E-state index is 13.1. The zero-order chi connectivity index (χ0) is 23.4. The summed E-state index contributed by atoms with van der Waals surface area (Å²) in [5.41, 5.74) is 2.68. The van der Waals surface area contributed by atoms with E-state index in [0.29, 0.717) is 36.9 Å². The zero-order valence-corrected chi connectivity index (χ0v) is 20.8. The number of hydrogen-bond acceptors (Lipinski definition) is 3. The molecule has 2 heterocycles. The molecule has 0 aromatic heterocycles. The number of rotatable bonds is 6. The van der Waals surface area contributed by atoms with Crippen LogP contribution >= 0.6 is 11.6 Å². The van der Waals surface area contributed by atoms with Crippen LogP contribution in [-0.2, 0) is 21.2 Å². The van der Waals surface area contributed by atoms with Gasteiger partial charge in [0.2, 0.25) is 15.9 Å². The summed E-state index contributed by atoms with van der Waals surface area (Å²) in [5.74, 6) is 0.794. The third kappa shape index (κ3) is 5.97. The van der Waals surface area contributed by atoms with Crippen LogP contribution in [0.1, 0.15) is 43.2 Å². The molecule has 0 N–H and O–H groups in total. The molecule has 2 aliphatic rings. The predicted molar refractivity (Wildman–Crippen MR) is 132 cm³/mol. The highest BCUT2D eigenvalue weighted by Crippen LogP contribution is 2.28. The number of carbonyl (C=O) groups excluding carboxylic acids is 1. The molecule has 2 fully saturated rings. The van der Waals surface area contributed by atoms with Crippen molar-refractivity contribution in [2.75, 3.05) is 26.2 Å². The van der Waals surface area contributed by atoms with Crippen molar-refractivity contribution in [1.82, 2.24) is 9.21 Å². The Morgan fingerprint density at radius 1 is 0.909 bits per heavy atom. The lowest BCUT2D eigenvalue weighted by Crippen LogP contribution is -2.46. The summed E-state index contributed by atoms with van der Waals surface area (Å²) in [4.78, 5) is 15.3. The highest BCUT2D eigenvalue weighted by Gasteiger charge is 2.34. The van der Waals surface area contributed by atoms with E-state index in [9.17, 15) is 13.2 Å². The van der Waals surface area contributed by atoms with Crippen LogP contribution in [0.2, 0.25) is 5.02 Å². The van der Waals surface area contributed by atoms with E-state index in [0.717, 1.165) is 32.4 Å². The first-order valence-corrected chi connectivity index (χ1v) is 13.7. The topological polar surface area (TPSA) is 57.7 Å². The number of halogens is 1. The Bertz CT molecular complexity index is 1040. The van der Waals surface area contributed by atoms with E-state index in [1.165, 1.54) is 34.0 Å². The van der Waals surface area contributed by atoms with Gasteiger partial charge in [-0.05, 0) is 81.2 Å². The number of aryl methyl sites for hydroxylation is 2. The van der Waals surface area contributed by atoms with Crippen molar-refractivity contribution in [2.45, 2.75) is 50.3 Å². The lowest BCUT2D eigenvalue weighted by molar-refractivity contribution is -0.138. The molecule has 1 amide bonds. The second-order valence-corrected chi connectivity index (χ2v) is 11.8. The summed E-state index contributed by atoms with van der Waals surface area (Å²) in [6, 6.07) is 15.0. The monoisotopic (exact) mass is 488 g/mol. The van der Waals surface area contributed by atoms with Crippen molar-refractivity contribution in [3.63, 3.8) is 0 Å².